The van der Waals surface area contributed by atoms with Crippen molar-refractivity contribution in [1.29, 1.82) is 0 Å². The summed E-state index contributed by atoms with van der Waals surface area (Å²) >= 11 is 1.90. The first-order valence-corrected chi connectivity index (χ1v) is 29.8. The Bertz CT molecular complexity index is 1380. The summed E-state index contributed by atoms with van der Waals surface area (Å²) in [5.74, 6) is 0.109. The van der Waals surface area contributed by atoms with Crippen LogP contribution in [0.4, 0.5) is 4.79 Å². The number of rotatable bonds is 68. The topological polar surface area (TPSA) is 292 Å². The summed E-state index contributed by atoms with van der Waals surface area (Å²) < 4.78 is 110. The van der Waals surface area contributed by atoms with Crippen molar-refractivity contribution in [2.45, 2.75) is 49.4 Å². The molecular weight excluding hydrogens is 1090 g/mol. The molecule has 0 saturated carbocycles. The number of fused-ring (bicyclic) bond motifs is 1. The lowest BCUT2D eigenvalue weighted by atomic mass is 10.0. The van der Waals surface area contributed by atoms with Crippen LogP contribution in [0.3, 0.4) is 0 Å². The third-order valence-corrected chi connectivity index (χ3v) is 12.7. The molecule has 0 spiro atoms. The maximum Gasteiger partial charge on any atom is 0.315 e. The van der Waals surface area contributed by atoms with Crippen LogP contribution in [0.5, 0.6) is 0 Å². The van der Waals surface area contributed by atoms with Crippen LogP contribution in [0, 0.1) is 0 Å². The number of carboxylic acids is 1. The standard InChI is InChI=1S/C53H101N3O24S/c57-50(4-2-1-3-49-52-48(47-81-49)55-53(60)56-52)54-6-8-62-10-12-64-14-16-66-18-20-68-22-24-70-26-28-72-30-32-74-34-36-76-38-40-78-42-44-80-46-45-79-43-41-77-39-37-75-35-33-73-31-29-71-27-25-69-23-21-67-19-17-65-15-13-63-11-9-61-7-5-51(58)59/h48-49,52H,1-47H2,(H,54,57)(H,58,59)(H2,55,56,60)/t48-,49-,52-/m0/s1. The predicted octanol–water partition coefficient (Wildman–Crippen LogP) is 0.635. The molecule has 0 aromatic carbocycles. The van der Waals surface area contributed by atoms with Gasteiger partial charge in [0.05, 0.1) is 283 Å². The molecule has 2 aliphatic heterocycles. The highest BCUT2D eigenvalue weighted by Crippen LogP contribution is 2.33. The minimum Gasteiger partial charge on any atom is -0.481 e. The van der Waals surface area contributed by atoms with E-state index in [1.165, 1.54) is 0 Å². The fourth-order valence-electron chi connectivity index (χ4n) is 7.06. The summed E-state index contributed by atoms with van der Waals surface area (Å²) in [4.78, 5) is 34.0. The summed E-state index contributed by atoms with van der Waals surface area (Å²) in [6, 6.07) is 0.386. The van der Waals surface area contributed by atoms with Gasteiger partial charge in [-0.1, -0.05) is 6.42 Å². The Morgan fingerprint density at radius 2 is 0.630 bits per heavy atom. The molecule has 81 heavy (non-hydrogen) atoms. The zero-order valence-electron chi connectivity index (χ0n) is 48.2. The first-order valence-electron chi connectivity index (χ1n) is 28.8. The molecule has 0 bridgehead atoms. The van der Waals surface area contributed by atoms with Crippen LogP contribution in [0.25, 0.3) is 0 Å². The average molecular weight is 1200 g/mol. The van der Waals surface area contributed by atoms with Gasteiger partial charge in [0.1, 0.15) is 0 Å². The summed E-state index contributed by atoms with van der Waals surface area (Å²) in [6.45, 7) is 18.8. The number of urea groups is 1. The third kappa shape index (κ3) is 53.0. The number of carbonyl (C=O) groups excluding carboxylic acids is 2. The molecule has 4 N–H and O–H groups in total. The van der Waals surface area contributed by atoms with E-state index in [0.717, 1.165) is 25.0 Å². The van der Waals surface area contributed by atoms with E-state index in [0.29, 0.717) is 276 Å². The van der Waals surface area contributed by atoms with E-state index >= 15 is 0 Å². The van der Waals surface area contributed by atoms with Gasteiger partial charge in [-0.2, -0.15) is 11.8 Å². The molecule has 0 aromatic rings. The summed E-state index contributed by atoms with van der Waals surface area (Å²) in [7, 11) is 0. The van der Waals surface area contributed by atoms with Crippen molar-refractivity contribution >= 4 is 29.7 Å². The second kappa shape index (κ2) is 60.9. The van der Waals surface area contributed by atoms with Gasteiger partial charge in [0.2, 0.25) is 5.91 Å². The van der Waals surface area contributed by atoms with E-state index in [1.54, 1.807) is 0 Å². The first kappa shape index (κ1) is 74.9. The van der Waals surface area contributed by atoms with E-state index in [1.807, 2.05) is 11.8 Å². The van der Waals surface area contributed by atoms with Crippen LogP contribution in [0.1, 0.15) is 32.1 Å². The zero-order chi connectivity index (χ0) is 57.7. The monoisotopic (exact) mass is 1200 g/mol. The lowest BCUT2D eigenvalue weighted by molar-refractivity contribution is -0.138. The molecule has 2 aliphatic rings. The molecule has 28 heteroatoms. The number of unbranched alkanes of at least 4 members (excludes halogenated alkanes) is 1. The molecular formula is C53H101N3O24S. The Morgan fingerprint density at radius 1 is 0.370 bits per heavy atom. The van der Waals surface area contributed by atoms with Gasteiger partial charge in [-0.3, -0.25) is 9.59 Å². The minimum absolute atomic E-state index is 0.0105. The maximum atomic E-state index is 12.1. The third-order valence-electron chi connectivity index (χ3n) is 11.2. The van der Waals surface area contributed by atoms with Crippen molar-refractivity contribution < 1.29 is 114 Å². The fourth-order valence-corrected chi connectivity index (χ4v) is 8.61. The molecule has 2 heterocycles. The molecule has 0 radical (unpaired) electrons. The lowest BCUT2D eigenvalue weighted by Crippen LogP contribution is -2.36. The van der Waals surface area contributed by atoms with Gasteiger partial charge < -0.3 is 116 Å². The number of thioether (sulfide) groups is 1. The van der Waals surface area contributed by atoms with Crippen LogP contribution < -0.4 is 16.0 Å². The lowest BCUT2D eigenvalue weighted by Gasteiger charge is -2.16. The number of carboxylic acid groups (broad SMARTS) is 1. The maximum absolute atomic E-state index is 12.1. The SMILES string of the molecule is O=C(O)CCOCCOCCOCCOCCOCCOCCOCCOCCOCCOCCOCCOCCOCCOCCOCCOCCOCCOCCOCCOCCNC(=O)CCCC[C@@H]1SC[C@@H]2NC(=O)N[C@@H]21. The quantitative estimate of drug-likeness (QED) is 0.0480. The Hall–Kier alpha value is -2.24. The molecule has 0 aromatic heterocycles. The van der Waals surface area contributed by atoms with Gasteiger partial charge in [-0.25, -0.2) is 4.79 Å². The highest BCUT2D eigenvalue weighted by Gasteiger charge is 2.42. The molecule has 2 rings (SSSR count). The van der Waals surface area contributed by atoms with E-state index in [2.05, 4.69) is 16.0 Å². The smallest absolute Gasteiger partial charge is 0.315 e. The Kier molecular flexibility index (Phi) is 56.3. The first-order chi connectivity index (χ1) is 40.1. The van der Waals surface area contributed by atoms with E-state index in [-0.39, 0.29) is 37.0 Å². The molecule has 3 amide bonds. The van der Waals surface area contributed by atoms with Gasteiger partial charge in [-0.05, 0) is 12.8 Å². The van der Waals surface area contributed by atoms with E-state index in [4.69, 9.17) is 99.8 Å². The van der Waals surface area contributed by atoms with Gasteiger partial charge in [0.25, 0.3) is 0 Å². The van der Waals surface area contributed by atoms with Crippen LogP contribution >= 0.6 is 11.8 Å². The zero-order valence-corrected chi connectivity index (χ0v) is 49.0. The fraction of sp³-hybridized carbons (Fsp3) is 0.943. The van der Waals surface area contributed by atoms with Crippen molar-refractivity contribution in [3.8, 4) is 0 Å². The number of hydrogen-bond donors (Lipinski definition) is 4. The van der Waals surface area contributed by atoms with Crippen molar-refractivity contribution in [3.05, 3.63) is 0 Å². The van der Waals surface area contributed by atoms with Crippen LogP contribution in [0.15, 0.2) is 0 Å². The van der Waals surface area contributed by atoms with Gasteiger partial charge in [0, 0.05) is 24.0 Å². The number of carbonyl (C=O) groups is 3. The molecule has 2 saturated heterocycles. The van der Waals surface area contributed by atoms with Gasteiger partial charge in [-0.15, -0.1) is 0 Å². The number of hydrogen-bond acceptors (Lipinski definition) is 24. The second-order valence-corrected chi connectivity index (χ2v) is 18.9. The molecule has 0 unspecified atom stereocenters. The largest absolute Gasteiger partial charge is 0.481 e. The van der Waals surface area contributed by atoms with Crippen molar-refractivity contribution in [2.75, 3.05) is 277 Å². The van der Waals surface area contributed by atoms with Crippen LogP contribution in [-0.4, -0.2) is 317 Å². The van der Waals surface area contributed by atoms with Crippen molar-refractivity contribution in [1.82, 2.24) is 16.0 Å². The Morgan fingerprint density at radius 3 is 0.901 bits per heavy atom. The summed E-state index contributed by atoms with van der Waals surface area (Å²) in [6.07, 6.45) is 3.30. The van der Waals surface area contributed by atoms with Crippen LogP contribution in [0.2, 0.25) is 0 Å². The second-order valence-electron chi connectivity index (χ2n) is 17.6. The summed E-state index contributed by atoms with van der Waals surface area (Å²) in [5.41, 5.74) is 0. The van der Waals surface area contributed by atoms with Gasteiger partial charge in [0.15, 0.2) is 0 Å². The van der Waals surface area contributed by atoms with Crippen LogP contribution in [-0.2, 0) is 104 Å². The molecule has 3 atom stereocenters. The molecule has 2 fully saturated rings. The number of amides is 3. The Balaban J connectivity index is 1.10. The number of aliphatic carboxylic acids is 1. The predicted molar refractivity (Wildman–Crippen MR) is 296 cm³/mol. The Labute approximate surface area is 484 Å². The highest BCUT2D eigenvalue weighted by atomic mass is 32.2. The number of nitrogens with one attached hydrogen (secondary N) is 3. The normalized spacial score (nSPS) is 15.9. The number of ether oxygens (including phenoxy) is 20. The molecule has 478 valence electrons. The minimum atomic E-state index is -0.880. The molecule has 0 aliphatic carbocycles. The summed E-state index contributed by atoms with van der Waals surface area (Å²) in [5, 5.41) is 17.8. The molecule has 27 nitrogen and oxygen atoms in total. The highest BCUT2D eigenvalue weighted by molar-refractivity contribution is 8.00. The van der Waals surface area contributed by atoms with Gasteiger partial charge >= 0.3 is 12.0 Å². The van der Waals surface area contributed by atoms with E-state index in [9.17, 15) is 14.4 Å². The van der Waals surface area contributed by atoms with Crippen molar-refractivity contribution in [2.24, 2.45) is 0 Å². The van der Waals surface area contributed by atoms with E-state index < -0.39 is 5.97 Å². The van der Waals surface area contributed by atoms with Crippen molar-refractivity contribution in [3.63, 3.8) is 0 Å². The average Bonchev–Trinajstić information content (AvgIpc) is 4.28.